The first-order valence-electron chi connectivity index (χ1n) is 11.2. The number of hydrogen-bond donors (Lipinski definition) is 0. The number of aryl methyl sites for hydroxylation is 1. The van der Waals surface area contributed by atoms with E-state index in [1.54, 1.807) is 15.5 Å². The number of hydrogen-bond acceptors (Lipinski definition) is 13. The van der Waals surface area contributed by atoms with Crippen LogP contribution in [0.15, 0.2) is 46.3 Å². The summed E-state index contributed by atoms with van der Waals surface area (Å²) in [5.74, 6) is -1.22. The maximum Gasteiger partial charge on any atom is 1.00 e. The monoisotopic (exact) mass is 638 g/mol. The van der Waals surface area contributed by atoms with E-state index >= 15 is 0 Å². The fourth-order valence-electron chi connectivity index (χ4n) is 4.00. The Morgan fingerprint density at radius 2 is 1.50 bits per heavy atom. The van der Waals surface area contributed by atoms with Crippen molar-refractivity contribution in [1.82, 2.24) is 0 Å². The average Bonchev–Trinajstić information content (AvgIpc) is 3.34. The zero-order valence-corrected chi connectivity index (χ0v) is 26.1. The van der Waals surface area contributed by atoms with Crippen molar-refractivity contribution in [2.24, 2.45) is 0 Å². The Bertz CT molecular complexity index is 1720. The maximum atomic E-state index is 11.3. The van der Waals surface area contributed by atoms with Gasteiger partial charge in [-0.25, -0.2) is 16.8 Å². The van der Waals surface area contributed by atoms with E-state index in [1.807, 2.05) is 0 Å². The summed E-state index contributed by atoms with van der Waals surface area (Å²) in [6.07, 6.45) is 1.67. The molecule has 0 N–H and O–H groups in total. The number of non-ortho nitro benzene ring substituents is 2. The summed E-state index contributed by atoms with van der Waals surface area (Å²) in [7, 11) is -8.94. The minimum absolute atomic E-state index is 0. The summed E-state index contributed by atoms with van der Waals surface area (Å²) in [4.78, 5) is 23.7. The van der Waals surface area contributed by atoms with Crippen molar-refractivity contribution in [3.63, 3.8) is 0 Å². The molecule has 1 aliphatic heterocycles. The van der Waals surface area contributed by atoms with Gasteiger partial charge in [-0.05, 0) is 12.5 Å². The number of rotatable bonds is 11. The molecule has 2 aromatic carbocycles. The zero-order valence-electron chi connectivity index (χ0n) is 20.8. The molecule has 0 fully saturated rings. The molecule has 0 amide bonds. The Morgan fingerprint density at radius 3 is 2.12 bits per heavy atom. The number of nitro benzene ring substituents is 2. The van der Waals surface area contributed by atoms with E-state index in [-0.39, 0.29) is 66.9 Å². The molecule has 19 heteroatoms. The van der Waals surface area contributed by atoms with Crippen molar-refractivity contribution in [3.05, 3.63) is 66.7 Å². The molecule has 0 saturated carbocycles. The van der Waals surface area contributed by atoms with Crippen molar-refractivity contribution in [2.45, 2.75) is 24.3 Å². The fraction of sp³-hybridized carbons (Fsp3) is 0.286. The molecule has 0 spiro atoms. The Kier molecular flexibility index (Phi) is 10.3. The van der Waals surface area contributed by atoms with Crippen LogP contribution < -0.4 is 39.0 Å². The summed E-state index contributed by atoms with van der Waals surface area (Å²) in [5.41, 5.74) is 0.849. The van der Waals surface area contributed by atoms with Gasteiger partial charge >= 0.3 is 29.6 Å². The predicted octanol–water partition coefficient (Wildman–Crippen LogP) is -0.209. The molecule has 4 rings (SSSR count). The zero-order chi connectivity index (χ0) is 28.5. The van der Waals surface area contributed by atoms with Gasteiger partial charge in [0.1, 0.15) is 4.70 Å². The molecular formula is C21H19N4NaO10S4. The van der Waals surface area contributed by atoms with E-state index in [0.29, 0.717) is 30.8 Å². The van der Waals surface area contributed by atoms with E-state index in [0.717, 1.165) is 0 Å². The SMILES string of the molecule is O=[N+]([O-])c1ccc2c(c1)SC(=Cc1sc3cc([N+](=O)[O-])ccc3[n+]1CCCS(=O)(=O)[O-])N2CCCS(=O)(=O)[O-].[Na+]. The van der Waals surface area contributed by atoms with E-state index in [9.17, 15) is 46.2 Å². The summed E-state index contributed by atoms with van der Waals surface area (Å²) < 4.78 is 69.1. The number of nitro groups is 2. The largest absolute Gasteiger partial charge is 1.00 e. The topological polar surface area (TPSA) is 208 Å². The van der Waals surface area contributed by atoms with Crippen LogP contribution in [0.1, 0.15) is 17.8 Å². The number of nitrogens with zero attached hydrogens (tertiary/aromatic N) is 4. The predicted molar refractivity (Wildman–Crippen MR) is 141 cm³/mol. The summed E-state index contributed by atoms with van der Waals surface area (Å²) in [5, 5.41) is 23.6. The van der Waals surface area contributed by atoms with Gasteiger partial charge in [0.15, 0.2) is 6.54 Å². The number of anilines is 1. The van der Waals surface area contributed by atoms with Crippen LogP contribution in [0.2, 0.25) is 0 Å². The molecule has 2 heterocycles. The van der Waals surface area contributed by atoms with Crippen LogP contribution >= 0.6 is 23.1 Å². The normalized spacial score (nSPS) is 14.3. The van der Waals surface area contributed by atoms with Gasteiger partial charge in [-0.2, -0.15) is 4.57 Å². The smallest absolute Gasteiger partial charge is 0.748 e. The molecule has 0 aliphatic carbocycles. The van der Waals surface area contributed by atoms with Crippen molar-refractivity contribution in [3.8, 4) is 0 Å². The van der Waals surface area contributed by atoms with Gasteiger partial charge in [0.05, 0.1) is 46.9 Å². The Labute approximate surface area is 258 Å². The molecule has 1 aromatic heterocycles. The molecule has 0 unspecified atom stereocenters. The van der Waals surface area contributed by atoms with E-state index in [4.69, 9.17) is 0 Å². The van der Waals surface area contributed by atoms with Crippen LogP contribution in [0.5, 0.6) is 0 Å². The van der Waals surface area contributed by atoms with Crippen LogP contribution in [0.25, 0.3) is 16.3 Å². The van der Waals surface area contributed by atoms with Crippen molar-refractivity contribution in [2.75, 3.05) is 23.0 Å². The van der Waals surface area contributed by atoms with Gasteiger partial charge in [0.25, 0.3) is 16.4 Å². The van der Waals surface area contributed by atoms with Crippen LogP contribution in [0.3, 0.4) is 0 Å². The molecule has 1 aliphatic rings. The van der Waals surface area contributed by atoms with Gasteiger partial charge in [-0.3, -0.25) is 20.2 Å². The van der Waals surface area contributed by atoms with Gasteiger partial charge in [0.2, 0.25) is 5.52 Å². The number of thioether (sulfide) groups is 1. The number of thiazole rings is 1. The second-order valence-corrected chi connectivity index (χ2v) is 13.5. The number of fused-ring (bicyclic) bond motifs is 2. The molecule has 40 heavy (non-hydrogen) atoms. The minimum atomic E-state index is -4.47. The molecule has 208 valence electrons. The summed E-state index contributed by atoms with van der Waals surface area (Å²) in [6, 6.07) is 8.41. The quantitative estimate of drug-likeness (QED) is 0.0879. The second kappa shape index (κ2) is 12.8. The minimum Gasteiger partial charge on any atom is -0.748 e. The second-order valence-electron chi connectivity index (χ2n) is 8.38. The Balaban J connectivity index is 0.00000441. The molecule has 3 aromatic rings. The van der Waals surface area contributed by atoms with Gasteiger partial charge in [-0.15, -0.1) is 0 Å². The molecule has 0 saturated heterocycles. The van der Waals surface area contributed by atoms with E-state index in [1.165, 1.54) is 59.5 Å². The standard InChI is InChI=1S/C21H20N4O10S4.Na/c26-24(27)14-3-5-16-18(11-14)36-20(22(16)7-1-9-38(30,31)32)13-21-23(8-2-10-39(33,34)35)17-6-4-15(25(28)29)12-19(17)37-21;/h3-6,11-13H,1-2,7-10H2,(H-,30,31,32,33,34,35);/q;+1/p-1. The Hall–Kier alpha value is -2.16. The Morgan fingerprint density at radius 1 is 0.900 bits per heavy atom. The number of benzene rings is 2. The molecule has 0 bridgehead atoms. The summed E-state index contributed by atoms with van der Waals surface area (Å²) in [6.45, 7) is 0.214. The van der Waals surface area contributed by atoms with E-state index in [2.05, 4.69) is 0 Å². The first-order valence-corrected chi connectivity index (χ1v) is 15.9. The fourth-order valence-corrected chi connectivity index (χ4v) is 7.35. The molecule has 0 radical (unpaired) electrons. The van der Waals surface area contributed by atoms with Crippen LogP contribution in [0, 0.1) is 20.2 Å². The first-order chi connectivity index (χ1) is 18.2. The number of aromatic nitrogens is 1. The average molecular weight is 639 g/mol. The molecular weight excluding hydrogens is 620 g/mol. The molecule has 14 nitrogen and oxygen atoms in total. The van der Waals surface area contributed by atoms with Crippen LogP contribution in [-0.4, -0.2) is 53.8 Å². The van der Waals surface area contributed by atoms with Crippen LogP contribution in [0.4, 0.5) is 17.1 Å². The van der Waals surface area contributed by atoms with Crippen molar-refractivity contribution in [1.29, 1.82) is 0 Å². The van der Waals surface area contributed by atoms with Crippen molar-refractivity contribution >= 4 is 76.7 Å². The third kappa shape index (κ3) is 7.98. The van der Waals surface area contributed by atoms with Gasteiger partial charge in [-0.1, -0.05) is 23.1 Å². The van der Waals surface area contributed by atoms with Crippen LogP contribution in [-0.2, 0) is 26.8 Å². The van der Waals surface area contributed by atoms with E-state index < -0.39 is 41.6 Å². The van der Waals surface area contributed by atoms with Crippen molar-refractivity contribution < 1.29 is 69.9 Å². The molecule has 0 atom stereocenters. The third-order valence-corrected chi connectivity index (χ3v) is 9.42. The third-order valence-electron chi connectivity index (χ3n) is 5.65. The van der Waals surface area contributed by atoms with Gasteiger partial charge in [0, 0.05) is 59.7 Å². The summed E-state index contributed by atoms with van der Waals surface area (Å²) >= 11 is 2.36. The first kappa shape index (κ1) is 32.4. The van der Waals surface area contributed by atoms with Gasteiger partial charge < -0.3 is 14.0 Å². The maximum absolute atomic E-state index is 11.3.